The average molecular weight is 266 g/mol. The van der Waals surface area contributed by atoms with Crippen molar-refractivity contribution in [1.82, 2.24) is 10.2 Å². The fourth-order valence-electron chi connectivity index (χ4n) is 3.35. The SMILES string of the molecule is CC(CCCNC1CC1)N(C)C1CCC(C)(C)CC1. The lowest BCUT2D eigenvalue weighted by atomic mass is 9.75. The fourth-order valence-corrected chi connectivity index (χ4v) is 3.35. The average Bonchev–Trinajstić information content (AvgIpc) is 3.17. The van der Waals surface area contributed by atoms with Crippen LogP contribution in [0.4, 0.5) is 0 Å². The molecule has 2 aliphatic carbocycles. The van der Waals surface area contributed by atoms with Crippen molar-refractivity contribution in [1.29, 1.82) is 0 Å². The van der Waals surface area contributed by atoms with Crippen LogP contribution in [0.2, 0.25) is 0 Å². The number of rotatable bonds is 7. The van der Waals surface area contributed by atoms with E-state index in [0.717, 1.165) is 18.1 Å². The lowest BCUT2D eigenvalue weighted by molar-refractivity contribution is 0.0962. The van der Waals surface area contributed by atoms with Crippen molar-refractivity contribution in [2.24, 2.45) is 5.41 Å². The molecule has 0 aliphatic heterocycles. The molecule has 0 aromatic heterocycles. The van der Waals surface area contributed by atoms with Gasteiger partial charge in [0.05, 0.1) is 0 Å². The second-order valence-corrected chi connectivity index (χ2v) is 7.78. The predicted molar refractivity (Wildman–Crippen MR) is 83.5 cm³/mol. The second-order valence-electron chi connectivity index (χ2n) is 7.78. The summed E-state index contributed by atoms with van der Waals surface area (Å²) in [5.74, 6) is 0. The van der Waals surface area contributed by atoms with E-state index in [1.54, 1.807) is 0 Å². The van der Waals surface area contributed by atoms with Crippen LogP contribution in [0.15, 0.2) is 0 Å². The minimum Gasteiger partial charge on any atom is -0.314 e. The van der Waals surface area contributed by atoms with E-state index in [1.807, 2.05) is 0 Å². The lowest BCUT2D eigenvalue weighted by Gasteiger charge is -2.41. The van der Waals surface area contributed by atoms with Crippen molar-refractivity contribution in [3.63, 3.8) is 0 Å². The minimum atomic E-state index is 0.592. The van der Waals surface area contributed by atoms with E-state index in [0.29, 0.717) is 5.41 Å². The highest BCUT2D eigenvalue weighted by atomic mass is 15.2. The minimum absolute atomic E-state index is 0.592. The summed E-state index contributed by atoms with van der Waals surface area (Å²) < 4.78 is 0. The van der Waals surface area contributed by atoms with Crippen LogP contribution in [-0.4, -0.2) is 36.6 Å². The summed E-state index contributed by atoms with van der Waals surface area (Å²) in [7, 11) is 2.35. The van der Waals surface area contributed by atoms with Gasteiger partial charge in [-0.2, -0.15) is 0 Å². The molecule has 0 heterocycles. The first kappa shape index (κ1) is 15.3. The van der Waals surface area contributed by atoms with Crippen LogP contribution in [0.25, 0.3) is 0 Å². The van der Waals surface area contributed by atoms with E-state index in [9.17, 15) is 0 Å². The van der Waals surface area contributed by atoms with Gasteiger partial charge in [0.25, 0.3) is 0 Å². The van der Waals surface area contributed by atoms with Crippen molar-refractivity contribution < 1.29 is 0 Å². The first-order valence-corrected chi connectivity index (χ1v) is 8.43. The Morgan fingerprint density at radius 2 is 1.79 bits per heavy atom. The van der Waals surface area contributed by atoms with Crippen molar-refractivity contribution in [3.05, 3.63) is 0 Å². The summed E-state index contributed by atoms with van der Waals surface area (Å²) in [6, 6.07) is 2.44. The molecule has 1 unspecified atom stereocenters. The van der Waals surface area contributed by atoms with Gasteiger partial charge in [-0.05, 0) is 77.3 Å². The summed E-state index contributed by atoms with van der Waals surface area (Å²) in [5, 5.41) is 3.62. The Morgan fingerprint density at radius 3 is 2.37 bits per heavy atom. The van der Waals surface area contributed by atoms with E-state index in [4.69, 9.17) is 0 Å². The Morgan fingerprint density at radius 1 is 1.16 bits per heavy atom. The van der Waals surface area contributed by atoms with Gasteiger partial charge in [-0.25, -0.2) is 0 Å². The fraction of sp³-hybridized carbons (Fsp3) is 1.00. The highest BCUT2D eigenvalue weighted by Gasteiger charge is 2.30. The molecule has 2 saturated carbocycles. The van der Waals surface area contributed by atoms with Gasteiger partial charge in [-0.1, -0.05) is 13.8 Å². The molecule has 19 heavy (non-hydrogen) atoms. The van der Waals surface area contributed by atoms with Crippen LogP contribution in [0, 0.1) is 5.41 Å². The van der Waals surface area contributed by atoms with Crippen LogP contribution in [0.1, 0.15) is 72.1 Å². The van der Waals surface area contributed by atoms with Crippen molar-refractivity contribution in [2.45, 2.75) is 90.3 Å². The molecular formula is C17H34N2. The molecule has 0 bridgehead atoms. The van der Waals surface area contributed by atoms with Gasteiger partial charge in [0.1, 0.15) is 0 Å². The topological polar surface area (TPSA) is 15.3 Å². The van der Waals surface area contributed by atoms with Crippen molar-refractivity contribution in [2.75, 3.05) is 13.6 Å². The first-order valence-electron chi connectivity index (χ1n) is 8.43. The molecule has 2 nitrogen and oxygen atoms in total. The zero-order valence-corrected chi connectivity index (χ0v) is 13.5. The summed E-state index contributed by atoms with van der Waals surface area (Å²) in [4.78, 5) is 2.66. The Bertz CT molecular complexity index is 260. The van der Waals surface area contributed by atoms with Gasteiger partial charge in [0.15, 0.2) is 0 Å². The Hall–Kier alpha value is -0.0800. The molecule has 0 aromatic rings. The smallest absolute Gasteiger partial charge is 0.00954 e. The zero-order valence-electron chi connectivity index (χ0n) is 13.5. The number of hydrogen-bond acceptors (Lipinski definition) is 2. The number of hydrogen-bond donors (Lipinski definition) is 1. The Kier molecular flexibility index (Phi) is 5.30. The summed E-state index contributed by atoms with van der Waals surface area (Å²) in [6.07, 6.45) is 11.1. The molecule has 112 valence electrons. The van der Waals surface area contributed by atoms with E-state index < -0.39 is 0 Å². The van der Waals surface area contributed by atoms with Gasteiger partial charge >= 0.3 is 0 Å². The lowest BCUT2D eigenvalue weighted by Crippen LogP contribution is -2.42. The quantitative estimate of drug-likeness (QED) is 0.705. The number of nitrogens with one attached hydrogen (secondary N) is 1. The highest BCUT2D eigenvalue weighted by Crippen LogP contribution is 2.37. The standard InChI is InChI=1S/C17H34N2/c1-14(6-5-13-18-15-7-8-15)19(4)16-9-11-17(2,3)12-10-16/h14-16,18H,5-13H2,1-4H3. The molecule has 2 aliphatic rings. The molecule has 0 saturated heterocycles. The van der Waals surface area contributed by atoms with Gasteiger partial charge < -0.3 is 10.2 Å². The molecule has 0 amide bonds. The largest absolute Gasteiger partial charge is 0.314 e. The monoisotopic (exact) mass is 266 g/mol. The third-order valence-corrected chi connectivity index (χ3v) is 5.39. The first-order chi connectivity index (χ1) is 8.98. The van der Waals surface area contributed by atoms with Crippen LogP contribution >= 0.6 is 0 Å². The Balaban J connectivity index is 1.62. The molecule has 1 atom stereocenters. The molecule has 1 N–H and O–H groups in total. The van der Waals surface area contributed by atoms with Crippen LogP contribution < -0.4 is 5.32 Å². The Labute approximate surface area is 120 Å². The maximum atomic E-state index is 3.62. The van der Waals surface area contributed by atoms with Gasteiger partial charge in [-0.15, -0.1) is 0 Å². The van der Waals surface area contributed by atoms with Crippen molar-refractivity contribution in [3.8, 4) is 0 Å². The molecule has 0 aromatic carbocycles. The van der Waals surface area contributed by atoms with Crippen LogP contribution in [0.5, 0.6) is 0 Å². The zero-order chi connectivity index (χ0) is 13.9. The third kappa shape index (κ3) is 5.07. The molecular weight excluding hydrogens is 232 g/mol. The molecule has 0 spiro atoms. The van der Waals surface area contributed by atoms with Crippen LogP contribution in [-0.2, 0) is 0 Å². The maximum Gasteiger partial charge on any atom is 0.00954 e. The highest BCUT2D eigenvalue weighted by molar-refractivity contribution is 4.85. The molecule has 2 fully saturated rings. The van der Waals surface area contributed by atoms with Gasteiger partial charge in [0, 0.05) is 18.1 Å². The second kappa shape index (κ2) is 6.58. The maximum absolute atomic E-state index is 3.62. The van der Waals surface area contributed by atoms with E-state index >= 15 is 0 Å². The summed E-state index contributed by atoms with van der Waals surface area (Å²) >= 11 is 0. The van der Waals surface area contributed by atoms with E-state index in [1.165, 1.54) is 57.9 Å². The van der Waals surface area contributed by atoms with Crippen molar-refractivity contribution >= 4 is 0 Å². The van der Waals surface area contributed by atoms with E-state index in [2.05, 4.69) is 38.0 Å². The summed E-state index contributed by atoms with van der Waals surface area (Å²) in [5.41, 5.74) is 0.592. The molecule has 2 heteroatoms. The van der Waals surface area contributed by atoms with Gasteiger partial charge in [-0.3, -0.25) is 0 Å². The molecule has 2 rings (SSSR count). The third-order valence-electron chi connectivity index (χ3n) is 5.39. The number of nitrogens with zero attached hydrogens (tertiary/aromatic N) is 1. The predicted octanol–water partition coefficient (Wildman–Crippen LogP) is 3.81. The normalized spacial score (nSPS) is 25.7. The van der Waals surface area contributed by atoms with Crippen LogP contribution in [0.3, 0.4) is 0 Å². The summed E-state index contributed by atoms with van der Waals surface area (Å²) in [6.45, 7) is 8.49. The van der Waals surface area contributed by atoms with E-state index in [-0.39, 0.29) is 0 Å². The van der Waals surface area contributed by atoms with Gasteiger partial charge in [0.2, 0.25) is 0 Å². The molecule has 0 radical (unpaired) electrons.